The fraction of sp³-hybridized carbons (Fsp3) is 0.556. The molecule has 0 radical (unpaired) electrons. The fourth-order valence-electron chi connectivity index (χ4n) is 1.47. The Morgan fingerprint density at radius 1 is 1.69 bits per heavy atom. The van der Waals surface area contributed by atoms with E-state index in [1.54, 1.807) is 0 Å². The van der Waals surface area contributed by atoms with E-state index in [1.165, 1.54) is 12.8 Å². The van der Waals surface area contributed by atoms with Gasteiger partial charge < -0.3 is 10.6 Å². The maximum Gasteiger partial charge on any atom is 0.329 e. The van der Waals surface area contributed by atoms with Crippen molar-refractivity contribution in [2.75, 3.05) is 24.2 Å². The Labute approximate surface area is 92.4 Å². The normalized spacial score (nSPS) is 14.8. The highest BCUT2D eigenvalue weighted by Crippen LogP contribution is 2.30. The molecule has 7 heteroatoms. The van der Waals surface area contributed by atoms with Crippen LogP contribution < -0.4 is 10.6 Å². The Balaban J connectivity index is 2.15. The maximum atomic E-state index is 10.5. The average Bonchev–Trinajstić information content (AvgIpc) is 3.00. The molecule has 0 atom stereocenters. The van der Waals surface area contributed by atoms with E-state index in [0.29, 0.717) is 11.9 Å². The van der Waals surface area contributed by atoms with Gasteiger partial charge in [-0.3, -0.25) is 10.1 Å². The van der Waals surface area contributed by atoms with Crippen LogP contribution in [0.15, 0.2) is 6.20 Å². The summed E-state index contributed by atoms with van der Waals surface area (Å²) in [5.74, 6) is 1.05. The Hall–Kier alpha value is -1.92. The van der Waals surface area contributed by atoms with Gasteiger partial charge in [0.25, 0.3) is 0 Å². The van der Waals surface area contributed by atoms with E-state index < -0.39 is 4.92 Å². The molecule has 2 rings (SSSR count). The largest absolute Gasteiger partial charge is 0.378 e. The lowest BCUT2D eigenvalue weighted by atomic mass is 10.4. The third-order valence-electron chi connectivity index (χ3n) is 2.55. The van der Waals surface area contributed by atoms with E-state index in [4.69, 9.17) is 5.73 Å². The van der Waals surface area contributed by atoms with Crippen LogP contribution in [0.1, 0.15) is 12.8 Å². The maximum absolute atomic E-state index is 10.5. The summed E-state index contributed by atoms with van der Waals surface area (Å²) in [7, 11) is 1.86. The first-order valence-corrected chi connectivity index (χ1v) is 5.06. The van der Waals surface area contributed by atoms with Crippen LogP contribution in [0.4, 0.5) is 17.5 Å². The molecule has 1 heterocycles. The summed E-state index contributed by atoms with van der Waals surface area (Å²) in [6.07, 6.45) is 3.61. The van der Waals surface area contributed by atoms with E-state index in [1.807, 2.05) is 11.9 Å². The first-order valence-electron chi connectivity index (χ1n) is 5.06. The summed E-state index contributed by atoms with van der Waals surface area (Å²) < 4.78 is 0. The molecule has 0 aliphatic heterocycles. The number of nitrogen functional groups attached to an aromatic ring is 1. The second-order valence-corrected chi connectivity index (χ2v) is 4.02. The summed E-state index contributed by atoms with van der Waals surface area (Å²) >= 11 is 0. The molecule has 0 bridgehead atoms. The minimum absolute atomic E-state index is 0.0855. The summed E-state index contributed by atoms with van der Waals surface area (Å²) in [4.78, 5) is 19.7. The number of anilines is 2. The van der Waals surface area contributed by atoms with Crippen molar-refractivity contribution in [3.05, 3.63) is 16.3 Å². The van der Waals surface area contributed by atoms with Crippen LogP contribution in [0.25, 0.3) is 0 Å². The molecule has 0 amide bonds. The molecule has 1 aliphatic rings. The van der Waals surface area contributed by atoms with Crippen molar-refractivity contribution in [3.8, 4) is 0 Å². The Bertz CT molecular complexity index is 418. The highest BCUT2D eigenvalue weighted by Gasteiger charge is 2.24. The van der Waals surface area contributed by atoms with Gasteiger partial charge in [-0.15, -0.1) is 0 Å². The van der Waals surface area contributed by atoms with Crippen molar-refractivity contribution >= 4 is 17.5 Å². The molecule has 1 fully saturated rings. The monoisotopic (exact) mass is 223 g/mol. The number of rotatable bonds is 4. The van der Waals surface area contributed by atoms with Crippen LogP contribution >= 0.6 is 0 Å². The molecule has 0 saturated heterocycles. The summed E-state index contributed by atoms with van der Waals surface area (Å²) in [5, 5.41) is 10.5. The molecule has 0 aromatic carbocycles. The molecule has 16 heavy (non-hydrogen) atoms. The van der Waals surface area contributed by atoms with Gasteiger partial charge in [-0.1, -0.05) is 0 Å². The second kappa shape index (κ2) is 3.92. The zero-order valence-corrected chi connectivity index (χ0v) is 8.96. The van der Waals surface area contributed by atoms with E-state index in [2.05, 4.69) is 9.97 Å². The van der Waals surface area contributed by atoms with Crippen molar-refractivity contribution in [2.45, 2.75) is 12.8 Å². The number of hydrogen-bond acceptors (Lipinski definition) is 6. The number of hydrogen-bond donors (Lipinski definition) is 1. The lowest BCUT2D eigenvalue weighted by Crippen LogP contribution is -2.22. The number of aromatic nitrogens is 2. The molecule has 86 valence electrons. The molecule has 7 nitrogen and oxygen atoms in total. The van der Waals surface area contributed by atoms with E-state index in [9.17, 15) is 10.1 Å². The van der Waals surface area contributed by atoms with Crippen LogP contribution in [-0.4, -0.2) is 28.5 Å². The number of nitro groups is 1. The second-order valence-electron chi connectivity index (χ2n) is 4.02. The SMILES string of the molecule is CN(CC1CC1)c1ncc([N+](=O)[O-])c(N)n1. The Kier molecular flexibility index (Phi) is 2.59. The predicted molar refractivity (Wildman–Crippen MR) is 59.1 cm³/mol. The van der Waals surface area contributed by atoms with E-state index in [0.717, 1.165) is 12.7 Å². The molecule has 0 spiro atoms. The molecular weight excluding hydrogens is 210 g/mol. The number of nitrogens with two attached hydrogens (primary N) is 1. The van der Waals surface area contributed by atoms with Gasteiger partial charge in [0.1, 0.15) is 6.20 Å². The molecule has 0 unspecified atom stereocenters. The smallest absolute Gasteiger partial charge is 0.329 e. The standard InChI is InChI=1S/C9H13N5O2/c1-13(5-6-2-3-6)9-11-4-7(14(15)16)8(10)12-9/h4,6H,2-3,5H2,1H3,(H2,10,11,12). The van der Waals surface area contributed by atoms with E-state index >= 15 is 0 Å². The Morgan fingerprint density at radius 2 is 2.38 bits per heavy atom. The predicted octanol–water partition coefficient (Wildman–Crippen LogP) is 0.813. The third-order valence-corrected chi connectivity index (χ3v) is 2.55. The Morgan fingerprint density at radius 3 is 2.88 bits per heavy atom. The van der Waals surface area contributed by atoms with Gasteiger partial charge in [0, 0.05) is 13.6 Å². The summed E-state index contributed by atoms with van der Waals surface area (Å²) in [5.41, 5.74) is 5.24. The average molecular weight is 223 g/mol. The van der Waals surface area contributed by atoms with Crippen LogP contribution in [0.5, 0.6) is 0 Å². The van der Waals surface area contributed by atoms with Crippen LogP contribution in [0.3, 0.4) is 0 Å². The first kappa shape index (κ1) is 10.6. The highest BCUT2D eigenvalue weighted by atomic mass is 16.6. The van der Waals surface area contributed by atoms with Crippen molar-refractivity contribution in [3.63, 3.8) is 0 Å². The summed E-state index contributed by atoms with van der Waals surface area (Å²) in [6.45, 7) is 0.872. The fourth-order valence-corrected chi connectivity index (χ4v) is 1.47. The van der Waals surface area contributed by atoms with Gasteiger partial charge in [0.2, 0.25) is 11.8 Å². The number of nitrogens with zero attached hydrogens (tertiary/aromatic N) is 4. The molecule has 2 N–H and O–H groups in total. The van der Waals surface area contributed by atoms with Crippen molar-refractivity contribution in [1.82, 2.24) is 9.97 Å². The molecule has 1 aliphatic carbocycles. The minimum Gasteiger partial charge on any atom is -0.378 e. The zero-order valence-electron chi connectivity index (χ0n) is 8.96. The molecular formula is C9H13N5O2. The van der Waals surface area contributed by atoms with E-state index in [-0.39, 0.29) is 11.5 Å². The van der Waals surface area contributed by atoms with Crippen LogP contribution in [-0.2, 0) is 0 Å². The van der Waals surface area contributed by atoms with Crippen molar-refractivity contribution in [2.24, 2.45) is 5.92 Å². The molecule has 1 aromatic rings. The third kappa shape index (κ3) is 2.18. The van der Waals surface area contributed by atoms with Crippen LogP contribution in [0, 0.1) is 16.0 Å². The van der Waals surface area contributed by atoms with Gasteiger partial charge in [0.05, 0.1) is 4.92 Å². The van der Waals surface area contributed by atoms with Gasteiger partial charge in [-0.25, -0.2) is 4.98 Å². The van der Waals surface area contributed by atoms with Gasteiger partial charge >= 0.3 is 5.69 Å². The van der Waals surface area contributed by atoms with Gasteiger partial charge in [-0.05, 0) is 18.8 Å². The van der Waals surface area contributed by atoms with Gasteiger partial charge in [-0.2, -0.15) is 4.98 Å². The summed E-state index contributed by atoms with van der Waals surface area (Å²) in [6, 6.07) is 0. The molecule has 1 saturated carbocycles. The van der Waals surface area contributed by atoms with Gasteiger partial charge in [0.15, 0.2) is 0 Å². The lowest BCUT2D eigenvalue weighted by molar-refractivity contribution is -0.384. The minimum atomic E-state index is -0.583. The van der Waals surface area contributed by atoms with Crippen LogP contribution in [0.2, 0.25) is 0 Å². The quantitative estimate of drug-likeness (QED) is 0.599. The molecule has 1 aromatic heterocycles. The topological polar surface area (TPSA) is 98.2 Å². The lowest BCUT2D eigenvalue weighted by Gasteiger charge is -2.16. The van der Waals surface area contributed by atoms with Crippen molar-refractivity contribution < 1.29 is 4.92 Å². The first-order chi connectivity index (χ1) is 7.58. The highest BCUT2D eigenvalue weighted by molar-refractivity contribution is 5.53. The zero-order chi connectivity index (χ0) is 11.7. The van der Waals surface area contributed by atoms with Crippen molar-refractivity contribution in [1.29, 1.82) is 0 Å².